The molecule has 0 amide bonds. The van der Waals surface area contributed by atoms with Crippen LogP contribution >= 0.6 is 12.6 Å². The molecule has 0 spiro atoms. The van der Waals surface area contributed by atoms with E-state index in [0.29, 0.717) is 0 Å². The van der Waals surface area contributed by atoms with Crippen molar-refractivity contribution < 1.29 is 14.2 Å². The number of aromatic nitrogens is 2. The number of hydrogen-bond acceptors (Lipinski definition) is 4. The molecule has 0 saturated carbocycles. The topological polar surface area (TPSA) is 43.1 Å². The van der Waals surface area contributed by atoms with Crippen LogP contribution in [0.5, 0.6) is 0 Å². The van der Waals surface area contributed by atoms with Crippen molar-refractivity contribution in [3.63, 3.8) is 0 Å². The minimum Gasteiger partial charge on any atom is -0.468 e. The molecule has 0 aliphatic heterocycles. The SMILES string of the molecule is COC(=O)C(S)c1c[n+](C)nc2ccccc12. The number of thiol groups is 1. The molecule has 1 aromatic heterocycles. The van der Waals surface area contributed by atoms with Crippen LogP contribution in [-0.2, 0) is 16.6 Å². The summed E-state index contributed by atoms with van der Waals surface area (Å²) < 4.78 is 6.38. The lowest BCUT2D eigenvalue weighted by atomic mass is 10.1. The van der Waals surface area contributed by atoms with Crippen molar-refractivity contribution in [2.45, 2.75) is 5.25 Å². The molecule has 2 rings (SSSR count). The van der Waals surface area contributed by atoms with Gasteiger partial charge in [-0.25, -0.2) is 0 Å². The van der Waals surface area contributed by atoms with E-state index in [9.17, 15) is 4.79 Å². The van der Waals surface area contributed by atoms with Crippen LogP contribution in [0.15, 0.2) is 30.5 Å². The Bertz CT molecular complexity index is 571. The van der Waals surface area contributed by atoms with Crippen molar-refractivity contribution in [3.05, 3.63) is 36.0 Å². The summed E-state index contributed by atoms with van der Waals surface area (Å²) in [5.74, 6) is -0.371. The summed E-state index contributed by atoms with van der Waals surface area (Å²) in [5, 5.41) is 4.65. The van der Waals surface area contributed by atoms with Crippen molar-refractivity contribution in [1.29, 1.82) is 0 Å². The fourth-order valence-corrected chi connectivity index (χ4v) is 2.04. The first-order chi connectivity index (χ1) is 8.13. The van der Waals surface area contributed by atoms with Gasteiger partial charge in [-0.2, -0.15) is 12.6 Å². The standard InChI is InChI=1S/C12H12N2O2S/c1-14-7-9(11(17)12(15)16-2)8-5-3-4-6-10(8)13-14/h3-7,11H,1-2H3/p+1. The average molecular weight is 249 g/mol. The fraction of sp³-hybridized carbons (Fsp3) is 0.250. The summed E-state index contributed by atoms with van der Waals surface area (Å²) in [5.41, 5.74) is 1.63. The van der Waals surface area contributed by atoms with Crippen molar-refractivity contribution in [2.24, 2.45) is 7.05 Å². The van der Waals surface area contributed by atoms with Gasteiger partial charge in [0.1, 0.15) is 10.8 Å². The van der Waals surface area contributed by atoms with Crippen LogP contribution in [-0.4, -0.2) is 18.2 Å². The van der Waals surface area contributed by atoms with Crippen LogP contribution < -0.4 is 4.68 Å². The maximum atomic E-state index is 11.5. The van der Waals surface area contributed by atoms with Crippen LogP contribution in [0.4, 0.5) is 0 Å². The number of fused-ring (bicyclic) bond motifs is 1. The zero-order valence-corrected chi connectivity index (χ0v) is 10.5. The van der Waals surface area contributed by atoms with Crippen molar-refractivity contribution in [3.8, 4) is 0 Å². The first-order valence-electron chi connectivity index (χ1n) is 5.15. The van der Waals surface area contributed by atoms with E-state index >= 15 is 0 Å². The molecule has 17 heavy (non-hydrogen) atoms. The number of nitrogens with zero attached hydrogens (tertiary/aromatic N) is 2. The zero-order chi connectivity index (χ0) is 12.4. The van der Waals surface area contributed by atoms with Gasteiger partial charge in [-0.15, -0.1) is 0 Å². The Kier molecular flexibility index (Phi) is 3.28. The number of benzene rings is 1. The molecule has 0 N–H and O–H groups in total. The summed E-state index contributed by atoms with van der Waals surface area (Å²) in [4.78, 5) is 11.5. The Morgan fingerprint density at radius 3 is 2.88 bits per heavy atom. The first kappa shape index (κ1) is 11.9. The van der Waals surface area contributed by atoms with Crippen LogP contribution in [0.2, 0.25) is 0 Å². The highest BCUT2D eigenvalue weighted by Gasteiger charge is 2.22. The normalized spacial score (nSPS) is 12.4. The monoisotopic (exact) mass is 249 g/mol. The third kappa shape index (κ3) is 2.24. The Morgan fingerprint density at radius 2 is 2.18 bits per heavy atom. The molecule has 5 heteroatoms. The first-order valence-corrected chi connectivity index (χ1v) is 5.66. The molecular formula is C12H13N2O2S+. The molecule has 0 aliphatic rings. The van der Waals surface area contributed by atoms with E-state index in [4.69, 9.17) is 4.74 Å². The highest BCUT2D eigenvalue weighted by atomic mass is 32.1. The van der Waals surface area contributed by atoms with Crippen molar-refractivity contribution in [2.75, 3.05) is 7.11 Å². The van der Waals surface area contributed by atoms with Crippen LogP contribution in [0.3, 0.4) is 0 Å². The minimum atomic E-state index is -0.598. The summed E-state index contributed by atoms with van der Waals surface area (Å²) in [6.07, 6.45) is 1.79. The van der Waals surface area contributed by atoms with E-state index in [1.807, 2.05) is 31.3 Å². The van der Waals surface area contributed by atoms with E-state index < -0.39 is 5.25 Å². The lowest BCUT2D eigenvalue weighted by Gasteiger charge is -2.09. The van der Waals surface area contributed by atoms with Crippen molar-refractivity contribution in [1.82, 2.24) is 5.10 Å². The summed E-state index contributed by atoms with van der Waals surface area (Å²) in [6, 6.07) is 7.64. The molecule has 0 aliphatic carbocycles. The molecule has 1 atom stereocenters. The maximum absolute atomic E-state index is 11.5. The second kappa shape index (κ2) is 4.71. The molecule has 0 fully saturated rings. The Morgan fingerprint density at radius 1 is 1.47 bits per heavy atom. The summed E-state index contributed by atoms with van der Waals surface area (Å²) in [6.45, 7) is 0. The third-order valence-corrected chi connectivity index (χ3v) is 3.01. The molecule has 0 bridgehead atoms. The molecular weight excluding hydrogens is 236 g/mol. The zero-order valence-electron chi connectivity index (χ0n) is 9.62. The second-order valence-electron chi connectivity index (χ2n) is 3.70. The highest BCUT2D eigenvalue weighted by molar-refractivity contribution is 7.81. The van der Waals surface area contributed by atoms with E-state index in [0.717, 1.165) is 16.5 Å². The molecule has 0 saturated heterocycles. The van der Waals surface area contributed by atoms with Crippen LogP contribution in [0.25, 0.3) is 10.9 Å². The van der Waals surface area contributed by atoms with Gasteiger partial charge in [-0.1, -0.05) is 22.9 Å². The van der Waals surface area contributed by atoms with Crippen molar-refractivity contribution >= 4 is 29.5 Å². The quantitative estimate of drug-likeness (QED) is 0.494. The van der Waals surface area contributed by atoms with Gasteiger partial charge in [0.05, 0.1) is 12.7 Å². The van der Waals surface area contributed by atoms with Gasteiger partial charge >= 0.3 is 5.97 Å². The van der Waals surface area contributed by atoms with Crippen LogP contribution in [0.1, 0.15) is 10.8 Å². The Labute approximate surface area is 105 Å². The molecule has 4 nitrogen and oxygen atoms in total. The number of carbonyl (C=O) groups excluding carboxylic acids is 1. The van der Waals surface area contributed by atoms with Gasteiger partial charge < -0.3 is 4.74 Å². The number of rotatable bonds is 2. The molecule has 0 radical (unpaired) electrons. The van der Waals surface area contributed by atoms with E-state index in [2.05, 4.69) is 17.7 Å². The van der Waals surface area contributed by atoms with Gasteiger partial charge in [0.15, 0.2) is 7.05 Å². The Balaban J connectivity index is 2.63. The van der Waals surface area contributed by atoms with Gasteiger partial charge in [0.2, 0.25) is 6.20 Å². The number of esters is 1. The molecule has 2 aromatic rings. The van der Waals surface area contributed by atoms with E-state index in [1.165, 1.54) is 7.11 Å². The summed E-state index contributed by atoms with van der Waals surface area (Å²) in [7, 11) is 3.17. The fourth-order valence-electron chi connectivity index (χ4n) is 1.73. The number of carbonyl (C=O) groups is 1. The van der Waals surface area contributed by atoms with E-state index in [1.54, 1.807) is 10.9 Å². The number of methoxy groups -OCH3 is 1. The van der Waals surface area contributed by atoms with E-state index in [-0.39, 0.29) is 5.97 Å². The number of ether oxygens (including phenoxy) is 1. The van der Waals surface area contributed by atoms with Gasteiger partial charge in [0, 0.05) is 5.39 Å². The lowest BCUT2D eigenvalue weighted by molar-refractivity contribution is -0.728. The Hall–Kier alpha value is -1.62. The predicted octanol–water partition coefficient (Wildman–Crippen LogP) is 1.20. The van der Waals surface area contributed by atoms with Crippen LogP contribution in [0, 0.1) is 0 Å². The number of aryl methyl sites for hydroxylation is 1. The third-order valence-electron chi connectivity index (χ3n) is 2.53. The molecule has 1 aromatic carbocycles. The van der Waals surface area contributed by atoms with Gasteiger partial charge in [-0.05, 0) is 11.2 Å². The molecule has 1 heterocycles. The average Bonchev–Trinajstić information content (AvgIpc) is 2.35. The maximum Gasteiger partial charge on any atom is 0.323 e. The smallest absolute Gasteiger partial charge is 0.323 e. The predicted molar refractivity (Wildman–Crippen MR) is 66.7 cm³/mol. The van der Waals surface area contributed by atoms with Gasteiger partial charge in [-0.3, -0.25) is 4.79 Å². The second-order valence-corrected chi connectivity index (χ2v) is 4.22. The number of hydrogen-bond donors (Lipinski definition) is 1. The highest BCUT2D eigenvalue weighted by Crippen LogP contribution is 2.26. The molecule has 1 unspecified atom stereocenters. The lowest BCUT2D eigenvalue weighted by Crippen LogP contribution is -2.33. The van der Waals surface area contributed by atoms with Gasteiger partial charge in [0.25, 0.3) is 0 Å². The minimum absolute atomic E-state index is 0.371. The largest absolute Gasteiger partial charge is 0.468 e. The summed E-state index contributed by atoms with van der Waals surface area (Å²) >= 11 is 4.30. The molecule has 88 valence electrons.